The average molecular weight is 354 g/mol. The van der Waals surface area contributed by atoms with Crippen LogP contribution in [0.4, 0.5) is 0 Å². The van der Waals surface area contributed by atoms with Crippen molar-refractivity contribution in [3.63, 3.8) is 0 Å². The highest BCUT2D eigenvalue weighted by Gasteiger charge is 2.50. The van der Waals surface area contributed by atoms with Crippen molar-refractivity contribution in [2.45, 2.75) is 66.4 Å². The maximum absolute atomic E-state index is 12.1. The number of hydrogen-bond acceptors (Lipinski definition) is 5. The molecule has 0 aromatic rings. The summed E-state index contributed by atoms with van der Waals surface area (Å²) < 4.78 is 16.3. The second kappa shape index (κ2) is 8.52. The van der Waals surface area contributed by atoms with Gasteiger partial charge in [-0.3, -0.25) is 4.79 Å². The predicted molar refractivity (Wildman–Crippen MR) is 94.9 cm³/mol. The van der Waals surface area contributed by atoms with E-state index < -0.39 is 5.41 Å². The van der Waals surface area contributed by atoms with Crippen LogP contribution in [0.1, 0.15) is 60.3 Å². The van der Waals surface area contributed by atoms with Gasteiger partial charge in [-0.15, -0.1) is 0 Å². The molecule has 2 bridgehead atoms. The lowest BCUT2D eigenvalue weighted by Gasteiger charge is -2.33. The molecule has 0 N–H and O–H groups in total. The van der Waals surface area contributed by atoms with Gasteiger partial charge in [0.1, 0.15) is 19.3 Å². The SMILES string of the molecule is CCC(C)(C)C(=O)OCCOCC(=O)OC1C2CCC(C2)C1C(C)C. The topological polar surface area (TPSA) is 61.8 Å². The van der Waals surface area contributed by atoms with E-state index in [0.29, 0.717) is 23.7 Å². The van der Waals surface area contributed by atoms with Crippen LogP contribution in [-0.4, -0.2) is 37.9 Å². The van der Waals surface area contributed by atoms with Gasteiger partial charge in [-0.2, -0.15) is 0 Å². The normalized spacial score (nSPS) is 28.4. The van der Waals surface area contributed by atoms with Crippen molar-refractivity contribution in [1.82, 2.24) is 0 Å². The Balaban J connectivity index is 1.65. The van der Waals surface area contributed by atoms with Gasteiger partial charge in [-0.05, 0) is 57.3 Å². The Bertz CT molecular complexity index is 471. The molecule has 4 atom stereocenters. The summed E-state index contributed by atoms with van der Waals surface area (Å²) in [6.07, 6.45) is 4.43. The van der Waals surface area contributed by atoms with E-state index in [1.54, 1.807) is 0 Å². The van der Waals surface area contributed by atoms with Crippen molar-refractivity contribution < 1.29 is 23.8 Å². The molecule has 144 valence electrons. The van der Waals surface area contributed by atoms with Crippen molar-refractivity contribution >= 4 is 11.9 Å². The largest absolute Gasteiger partial charge is 0.463 e. The van der Waals surface area contributed by atoms with E-state index in [2.05, 4.69) is 13.8 Å². The Hall–Kier alpha value is -1.10. The third kappa shape index (κ3) is 4.96. The molecule has 2 aliphatic rings. The predicted octanol–water partition coefficient (Wildman–Crippen LogP) is 3.60. The molecule has 2 saturated carbocycles. The number of esters is 2. The summed E-state index contributed by atoms with van der Waals surface area (Å²) in [4.78, 5) is 23.9. The van der Waals surface area contributed by atoms with Crippen LogP contribution in [0.3, 0.4) is 0 Å². The first kappa shape index (κ1) is 20.2. The highest BCUT2D eigenvalue weighted by atomic mass is 16.6. The van der Waals surface area contributed by atoms with Crippen LogP contribution in [0.5, 0.6) is 0 Å². The number of hydrogen-bond donors (Lipinski definition) is 0. The molecule has 2 aliphatic carbocycles. The van der Waals surface area contributed by atoms with Crippen LogP contribution in [0.15, 0.2) is 0 Å². The Morgan fingerprint density at radius 2 is 1.80 bits per heavy atom. The number of fused-ring (bicyclic) bond motifs is 2. The summed E-state index contributed by atoms with van der Waals surface area (Å²) in [7, 11) is 0. The van der Waals surface area contributed by atoms with E-state index in [-0.39, 0.29) is 37.9 Å². The molecule has 0 saturated heterocycles. The zero-order valence-corrected chi connectivity index (χ0v) is 16.4. The smallest absolute Gasteiger partial charge is 0.332 e. The molecule has 25 heavy (non-hydrogen) atoms. The lowest BCUT2D eigenvalue weighted by molar-refractivity contribution is -0.163. The van der Waals surface area contributed by atoms with Crippen LogP contribution in [0.2, 0.25) is 0 Å². The Morgan fingerprint density at radius 3 is 2.44 bits per heavy atom. The molecule has 0 amide bonds. The minimum absolute atomic E-state index is 0.0537. The Kier molecular flexibility index (Phi) is 6.89. The lowest BCUT2D eigenvalue weighted by atomic mass is 9.79. The fourth-order valence-corrected chi connectivity index (χ4v) is 4.26. The van der Waals surface area contributed by atoms with Gasteiger partial charge < -0.3 is 14.2 Å². The quantitative estimate of drug-likeness (QED) is 0.468. The van der Waals surface area contributed by atoms with Gasteiger partial charge in [0.25, 0.3) is 0 Å². The van der Waals surface area contributed by atoms with Crippen LogP contribution in [0, 0.1) is 29.1 Å². The highest BCUT2D eigenvalue weighted by molar-refractivity contribution is 5.75. The first-order valence-corrected chi connectivity index (χ1v) is 9.70. The van der Waals surface area contributed by atoms with Crippen molar-refractivity contribution in [3.8, 4) is 0 Å². The number of carbonyl (C=O) groups is 2. The van der Waals surface area contributed by atoms with Crippen molar-refractivity contribution in [3.05, 3.63) is 0 Å². The second-order valence-corrected chi connectivity index (χ2v) is 8.53. The summed E-state index contributed by atoms with van der Waals surface area (Å²) >= 11 is 0. The van der Waals surface area contributed by atoms with Gasteiger partial charge in [-0.25, -0.2) is 4.79 Å². The summed E-state index contributed by atoms with van der Waals surface area (Å²) in [5.41, 5.74) is -0.480. The molecule has 0 aromatic heterocycles. The summed E-state index contributed by atoms with van der Waals surface area (Å²) in [5, 5.41) is 0. The zero-order chi connectivity index (χ0) is 18.6. The van der Waals surface area contributed by atoms with E-state index in [4.69, 9.17) is 14.2 Å². The van der Waals surface area contributed by atoms with Gasteiger partial charge in [-0.1, -0.05) is 20.8 Å². The first-order chi connectivity index (χ1) is 11.8. The fourth-order valence-electron chi connectivity index (χ4n) is 4.26. The molecule has 2 fully saturated rings. The molecule has 2 rings (SSSR count). The van der Waals surface area contributed by atoms with Crippen LogP contribution < -0.4 is 0 Å². The lowest BCUT2D eigenvalue weighted by Crippen LogP contribution is -2.36. The van der Waals surface area contributed by atoms with Crippen LogP contribution in [0.25, 0.3) is 0 Å². The van der Waals surface area contributed by atoms with Crippen molar-refractivity contribution in [1.29, 1.82) is 0 Å². The monoisotopic (exact) mass is 354 g/mol. The van der Waals surface area contributed by atoms with Gasteiger partial charge in [0, 0.05) is 5.92 Å². The van der Waals surface area contributed by atoms with E-state index in [0.717, 1.165) is 6.42 Å². The zero-order valence-electron chi connectivity index (χ0n) is 16.4. The molecule has 0 aromatic carbocycles. The van der Waals surface area contributed by atoms with Crippen molar-refractivity contribution in [2.24, 2.45) is 29.1 Å². The number of ether oxygens (including phenoxy) is 3. The average Bonchev–Trinajstić information content (AvgIpc) is 3.15. The second-order valence-electron chi connectivity index (χ2n) is 8.53. The third-order valence-corrected chi connectivity index (χ3v) is 6.06. The maximum atomic E-state index is 12.1. The minimum Gasteiger partial charge on any atom is -0.463 e. The summed E-state index contributed by atoms with van der Waals surface area (Å²) in [6.45, 7) is 10.4. The molecule has 0 aliphatic heterocycles. The molecule has 0 radical (unpaired) electrons. The van der Waals surface area contributed by atoms with Gasteiger partial charge >= 0.3 is 11.9 Å². The third-order valence-electron chi connectivity index (χ3n) is 6.06. The van der Waals surface area contributed by atoms with Crippen molar-refractivity contribution in [2.75, 3.05) is 19.8 Å². The van der Waals surface area contributed by atoms with Crippen LogP contribution in [-0.2, 0) is 23.8 Å². The van der Waals surface area contributed by atoms with E-state index in [1.165, 1.54) is 19.3 Å². The summed E-state index contributed by atoms with van der Waals surface area (Å²) in [6, 6.07) is 0. The Labute approximate surface area is 151 Å². The molecule has 0 heterocycles. The summed E-state index contributed by atoms with van der Waals surface area (Å²) in [5.74, 6) is 1.73. The molecular formula is C20H34O5. The number of rotatable bonds is 9. The molecule has 4 unspecified atom stereocenters. The van der Waals surface area contributed by atoms with E-state index in [1.807, 2.05) is 20.8 Å². The van der Waals surface area contributed by atoms with Gasteiger partial charge in [0.15, 0.2) is 0 Å². The maximum Gasteiger partial charge on any atom is 0.332 e. The molecule has 0 spiro atoms. The fraction of sp³-hybridized carbons (Fsp3) is 0.900. The Morgan fingerprint density at radius 1 is 1.12 bits per heavy atom. The van der Waals surface area contributed by atoms with Gasteiger partial charge in [0.05, 0.1) is 12.0 Å². The highest BCUT2D eigenvalue weighted by Crippen LogP contribution is 2.52. The molecule has 5 heteroatoms. The minimum atomic E-state index is -0.480. The van der Waals surface area contributed by atoms with E-state index >= 15 is 0 Å². The first-order valence-electron chi connectivity index (χ1n) is 9.70. The standard InChI is InChI=1S/C20H34O5/c1-6-20(4,5)19(22)24-10-9-23-12-16(21)25-18-15-8-7-14(11-15)17(18)13(2)3/h13-15,17-18H,6-12H2,1-5H3. The molecule has 5 nitrogen and oxygen atoms in total. The van der Waals surface area contributed by atoms with Gasteiger partial charge in [0.2, 0.25) is 0 Å². The van der Waals surface area contributed by atoms with Crippen LogP contribution >= 0.6 is 0 Å². The van der Waals surface area contributed by atoms with E-state index in [9.17, 15) is 9.59 Å². The molecular weight excluding hydrogens is 320 g/mol. The number of carbonyl (C=O) groups excluding carboxylic acids is 2.